The Hall–Kier alpha value is -2.04. The number of hydrogen-bond donors (Lipinski definition) is 3. The molecule has 19 heavy (non-hydrogen) atoms. The molecule has 0 fully saturated rings. The van der Waals surface area contributed by atoms with Gasteiger partial charge in [-0.15, -0.1) is 0 Å². The molecule has 1 aliphatic rings. The molecule has 102 valence electrons. The standard InChI is InChI=1S/C14H19N3O2/c1-9(7-13(15)17-19)16-14(18)12-6-5-10-3-2-4-11(10)8-12/h5-6,8-9,19H,2-4,7H2,1H3,(H2,15,17)(H,16,18). The van der Waals surface area contributed by atoms with Gasteiger partial charge in [-0.3, -0.25) is 4.79 Å². The minimum absolute atomic E-state index is 0.113. The van der Waals surface area contributed by atoms with E-state index in [2.05, 4.69) is 10.5 Å². The highest BCUT2D eigenvalue weighted by atomic mass is 16.4. The molecule has 0 spiro atoms. The summed E-state index contributed by atoms with van der Waals surface area (Å²) in [5.41, 5.74) is 8.71. The Bertz CT molecular complexity index is 511. The molecule has 1 unspecified atom stereocenters. The Morgan fingerprint density at radius 1 is 1.47 bits per heavy atom. The molecule has 1 atom stereocenters. The minimum Gasteiger partial charge on any atom is -0.409 e. The molecule has 0 aromatic heterocycles. The molecule has 1 amide bonds. The van der Waals surface area contributed by atoms with Gasteiger partial charge in [0, 0.05) is 18.0 Å². The molecule has 1 aliphatic carbocycles. The molecule has 4 N–H and O–H groups in total. The fourth-order valence-corrected chi connectivity index (χ4v) is 2.43. The van der Waals surface area contributed by atoms with E-state index >= 15 is 0 Å². The number of fused-ring (bicyclic) bond motifs is 1. The summed E-state index contributed by atoms with van der Waals surface area (Å²) in [6, 6.07) is 5.69. The molecule has 5 nitrogen and oxygen atoms in total. The van der Waals surface area contributed by atoms with Crippen molar-refractivity contribution in [3.8, 4) is 0 Å². The number of nitrogens with two attached hydrogens (primary N) is 1. The van der Waals surface area contributed by atoms with Gasteiger partial charge in [0.25, 0.3) is 5.91 Å². The molecule has 0 heterocycles. The summed E-state index contributed by atoms with van der Waals surface area (Å²) in [5, 5.41) is 14.2. The lowest BCUT2D eigenvalue weighted by molar-refractivity contribution is 0.0941. The van der Waals surface area contributed by atoms with E-state index in [4.69, 9.17) is 10.9 Å². The van der Waals surface area contributed by atoms with Crippen molar-refractivity contribution >= 4 is 11.7 Å². The highest BCUT2D eigenvalue weighted by molar-refractivity contribution is 5.95. The van der Waals surface area contributed by atoms with Crippen LogP contribution in [0.1, 0.15) is 41.3 Å². The van der Waals surface area contributed by atoms with Crippen molar-refractivity contribution in [2.24, 2.45) is 10.9 Å². The van der Waals surface area contributed by atoms with Crippen LogP contribution in [0.2, 0.25) is 0 Å². The van der Waals surface area contributed by atoms with Gasteiger partial charge >= 0.3 is 0 Å². The third kappa shape index (κ3) is 3.24. The van der Waals surface area contributed by atoms with E-state index in [-0.39, 0.29) is 17.8 Å². The SMILES string of the molecule is CC(CC(N)=NO)NC(=O)c1ccc2c(c1)CCC2. The topological polar surface area (TPSA) is 87.7 Å². The number of rotatable bonds is 4. The summed E-state index contributed by atoms with van der Waals surface area (Å²) in [7, 11) is 0. The first-order chi connectivity index (χ1) is 9.10. The van der Waals surface area contributed by atoms with Crippen LogP contribution in [0.25, 0.3) is 0 Å². The zero-order valence-electron chi connectivity index (χ0n) is 11.0. The second-order valence-electron chi connectivity index (χ2n) is 5.01. The van der Waals surface area contributed by atoms with Crippen LogP contribution in [0.5, 0.6) is 0 Å². The number of oxime groups is 1. The molecule has 0 saturated carbocycles. The average Bonchev–Trinajstić information content (AvgIpc) is 2.85. The van der Waals surface area contributed by atoms with Gasteiger partial charge in [0.1, 0.15) is 5.84 Å². The molecule has 0 radical (unpaired) electrons. The molecule has 5 heteroatoms. The Kier molecular flexibility index (Phi) is 4.04. The van der Waals surface area contributed by atoms with E-state index < -0.39 is 0 Å². The van der Waals surface area contributed by atoms with Crippen LogP contribution in [-0.4, -0.2) is 23.0 Å². The Labute approximate surface area is 112 Å². The van der Waals surface area contributed by atoms with Crippen molar-refractivity contribution < 1.29 is 10.0 Å². The highest BCUT2D eigenvalue weighted by Gasteiger charge is 2.15. The smallest absolute Gasteiger partial charge is 0.251 e. The summed E-state index contributed by atoms with van der Waals surface area (Å²) >= 11 is 0. The summed E-state index contributed by atoms with van der Waals surface area (Å²) in [4.78, 5) is 12.1. The van der Waals surface area contributed by atoms with Gasteiger partial charge in [0.2, 0.25) is 0 Å². The minimum atomic E-state index is -0.170. The number of nitrogens with one attached hydrogen (secondary N) is 1. The van der Waals surface area contributed by atoms with Crippen molar-refractivity contribution in [1.29, 1.82) is 0 Å². The summed E-state index contributed by atoms with van der Waals surface area (Å²) in [6.45, 7) is 1.82. The first-order valence-corrected chi connectivity index (χ1v) is 6.49. The van der Waals surface area contributed by atoms with E-state index in [1.54, 1.807) is 0 Å². The van der Waals surface area contributed by atoms with E-state index in [0.29, 0.717) is 12.0 Å². The normalized spacial score (nSPS) is 15.9. The lowest BCUT2D eigenvalue weighted by atomic mass is 10.1. The third-order valence-electron chi connectivity index (χ3n) is 3.38. The Balaban J connectivity index is 2.00. The largest absolute Gasteiger partial charge is 0.409 e. The summed E-state index contributed by atoms with van der Waals surface area (Å²) < 4.78 is 0. The van der Waals surface area contributed by atoms with Gasteiger partial charge in [-0.2, -0.15) is 0 Å². The number of hydrogen-bond acceptors (Lipinski definition) is 3. The molecule has 0 bridgehead atoms. The Morgan fingerprint density at radius 2 is 2.21 bits per heavy atom. The molecule has 1 aromatic carbocycles. The summed E-state index contributed by atoms with van der Waals surface area (Å²) in [5.74, 6) is -0.00491. The van der Waals surface area contributed by atoms with E-state index in [9.17, 15) is 4.79 Å². The van der Waals surface area contributed by atoms with Gasteiger partial charge in [0.05, 0.1) is 0 Å². The van der Waals surface area contributed by atoms with E-state index in [1.807, 2.05) is 25.1 Å². The molecular formula is C14H19N3O2. The quantitative estimate of drug-likeness (QED) is 0.331. The van der Waals surface area contributed by atoms with Crippen molar-refractivity contribution in [3.63, 3.8) is 0 Å². The number of aryl methyl sites for hydroxylation is 2. The van der Waals surface area contributed by atoms with Crippen LogP contribution < -0.4 is 11.1 Å². The lowest BCUT2D eigenvalue weighted by Gasteiger charge is -2.13. The fraction of sp³-hybridized carbons (Fsp3) is 0.429. The van der Waals surface area contributed by atoms with E-state index in [1.165, 1.54) is 17.5 Å². The second-order valence-corrected chi connectivity index (χ2v) is 5.01. The number of carbonyl (C=O) groups excluding carboxylic acids is 1. The second kappa shape index (κ2) is 5.73. The average molecular weight is 261 g/mol. The van der Waals surface area contributed by atoms with Crippen LogP contribution in [0.15, 0.2) is 23.4 Å². The molecule has 0 aliphatic heterocycles. The maximum absolute atomic E-state index is 12.1. The highest BCUT2D eigenvalue weighted by Crippen LogP contribution is 2.22. The zero-order chi connectivity index (χ0) is 13.8. The van der Waals surface area contributed by atoms with Crippen LogP contribution in [-0.2, 0) is 12.8 Å². The summed E-state index contributed by atoms with van der Waals surface area (Å²) in [6.07, 6.45) is 3.65. The van der Waals surface area contributed by atoms with Crippen LogP contribution in [0.3, 0.4) is 0 Å². The van der Waals surface area contributed by atoms with Gasteiger partial charge < -0.3 is 16.3 Å². The Morgan fingerprint density at radius 3 is 2.95 bits per heavy atom. The van der Waals surface area contributed by atoms with Crippen molar-refractivity contribution in [1.82, 2.24) is 5.32 Å². The maximum atomic E-state index is 12.1. The first-order valence-electron chi connectivity index (χ1n) is 6.49. The predicted molar refractivity (Wildman–Crippen MR) is 73.4 cm³/mol. The van der Waals surface area contributed by atoms with Crippen molar-refractivity contribution in [2.75, 3.05) is 0 Å². The van der Waals surface area contributed by atoms with Gasteiger partial charge in [-0.05, 0) is 49.4 Å². The van der Waals surface area contributed by atoms with Gasteiger partial charge in [-0.1, -0.05) is 11.2 Å². The molecule has 1 aromatic rings. The van der Waals surface area contributed by atoms with Gasteiger partial charge in [-0.25, -0.2) is 0 Å². The first kappa shape index (κ1) is 13.4. The third-order valence-corrected chi connectivity index (χ3v) is 3.38. The maximum Gasteiger partial charge on any atom is 0.251 e. The molecule has 0 saturated heterocycles. The molecular weight excluding hydrogens is 242 g/mol. The van der Waals surface area contributed by atoms with Crippen LogP contribution >= 0.6 is 0 Å². The number of nitrogens with zero attached hydrogens (tertiary/aromatic N) is 1. The lowest BCUT2D eigenvalue weighted by Crippen LogP contribution is -2.35. The van der Waals surface area contributed by atoms with Gasteiger partial charge in [0.15, 0.2) is 0 Å². The van der Waals surface area contributed by atoms with E-state index in [0.717, 1.165) is 12.8 Å². The predicted octanol–water partition coefficient (Wildman–Crippen LogP) is 1.43. The molecule has 2 rings (SSSR count). The number of amidine groups is 1. The number of amides is 1. The monoisotopic (exact) mass is 261 g/mol. The fourth-order valence-electron chi connectivity index (χ4n) is 2.43. The van der Waals surface area contributed by atoms with Crippen LogP contribution in [0, 0.1) is 0 Å². The van der Waals surface area contributed by atoms with Crippen molar-refractivity contribution in [2.45, 2.75) is 38.6 Å². The van der Waals surface area contributed by atoms with Crippen LogP contribution in [0.4, 0.5) is 0 Å². The zero-order valence-corrected chi connectivity index (χ0v) is 11.0. The van der Waals surface area contributed by atoms with Crippen molar-refractivity contribution in [3.05, 3.63) is 34.9 Å². The number of carbonyl (C=O) groups is 1. The number of benzene rings is 1.